The van der Waals surface area contributed by atoms with Gasteiger partial charge in [0, 0.05) is 6.42 Å². The van der Waals surface area contributed by atoms with Crippen molar-refractivity contribution < 1.29 is 9.53 Å². The average Bonchev–Trinajstić information content (AvgIpc) is 2.37. The van der Waals surface area contributed by atoms with Gasteiger partial charge in [-0.25, -0.2) is 0 Å². The molecule has 0 spiro atoms. The molecule has 2 heteroatoms. The number of hydrogen-bond acceptors (Lipinski definition) is 2. The molecular formula is C16H26O2. The Bertz CT molecular complexity index is 277. The van der Waals surface area contributed by atoms with Crippen molar-refractivity contribution in [3.8, 4) is 12.3 Å². The second-order valence-electron chi connectivity index (χ2n) is 5.23. The van der Waals surface area contributed by atoms with Crippen LogP contribution in [0.4, 0.5) is 0 Å². The van der Waals surface area contributed by atoms with Gasteiger partial charge in [0.05, 0.1) is 5.92 Å². The Morgan fingerprint density at radius 1 is 1.11 bits per heavy atom. The van der Waals surface area contributed by atoms with E-state index in [1.165, 1.54) is 32.1 Å². The molecule has 0 amide bonds. The summed E-state index contributed by atoms with van der Waals surface area (Å²) in [6.07, 6.45) is 16.7. The molecule has 0 bridgehead atoms. The first-order valence-electron chi connectivity index (χ1n) is 7.43. The molecule has 1 heterocycles. The van der Waals surface area contributed by atoms with Crippen LogP contribution in [0.25, 0.3) is 0 Å². The van der Waals surface area contributed by atoms with Crippen LogP contribution >= 0.6 is 0 Å². The smallest absolute Gasteiger partial charge is 0.313 e. The number of unbranched alkanes of at least 4 members (excludes halogenated alkanes) is 6. The summed E-state index contributed by atoms with van der Waals surface area (Å²) in [7, 11) is 0. The predicted octanol–water partition coefficient (Wildman–Crippen LogP) is 4.08. The van der Waals surface area contributed by atoms with Gasteiger partial charge in [-0.1, -0.05) is 45.4 Å². The first-order valence-corrected chi connectivity index (χ1v) is 7.43. The van der Waals surface area contributed by atoms with Crippen molar-refractivity contribution >= 4 is 5.97 Å². The van der Waals surface area contributed by atoms with Crippen molar-refractivity contribution in [3.05, 3.63) is 0 Å². The second-order valence-corrected chi connectivity index (χ2v) is 5.23. The van der Waals surface area contributed by atoms with E-state index >= 15 is 0 Å². The van der Waals surface area contributed by atoms with Crippen LogP contribution in [-0.4, -0.2) is 12.1 Å². The molecule has 0 saturated carbocycles. The third kappa shape index (κ3) is 5.12. The number of hydrogen-bond donors (Lipinski definition) is 0. The van der Waals surface area contributed by atoms with Crippen molar-refractivity contribution in [2.75, 3.05) is 0 Å². The molecule has 2 nitrogen and oxygen atoms in total. The zero-order valence-electron chi connectivity index (χ0n) is 11.6. The summed E-state index contributed by atoms with van der Waals surface area (Å²) in [5, 5.41) is 0. The minimum atomic E-state index is 0.00858. The highest BCUT2D eigenvalue weighted by Gasteiger charge is 2.40. The molecule has 1 aliphatic rings. The topological polar surface area (TPSA) is 26.3 Å². The number of terminal acetylenes is 1. The van der Waals surface area contributed by atoms with Gasteiger partial charge in [-0.15, -0.1) is 12.3 Å². The Morgan fingerprint density at radius 2 is 1.83 bits per heavy atom. The molecule has 0 aromatic heterocycles. The Morgan fingerprint density at radius 3 is 2.50 bits per heavy atom. The average molecular weight is 250 g/mol. The molecule has 1 fully saturated rings. The molecule has 0 unspecified atom stereocenters. The fourth-order valence-corrected chi connectivity index (χ4v) is 2.51. The van der Waals surface area contributed by atoms with E-state index in [1.807, 2.05) is 0 Å². The van der Waals surface area contributed by atoms with Gasteiger partial charge in [-0.3, -0.25) is 4.79 Å². The van der Waals surface area contributed by atoms with Crippen molar-refractivity contribution in [2.24, 2.45) is 5.92 Å². The second kappa shape index (κ2) is 9.03. The van der Waals surface area contributed by atoms with Crippen molar-refractivity contribution in [2.45, 2.75) is 77.2 Å². The summed E-state index contributed by atoms with van der Waals surface area (Å²) in [6.45, 7) is 2.23. The molecule has 18 heavy (non-hydrogen) atoms. The maximum Gasteiger partial charge on any atom is 0.313 e. The van der Waals surface area contributed by atoms with E-state index in [4.69, 9.17) is 11.2 Å². The molecule has 1 rings (SSSR count). The largest absolute Gasteiger partial charge is 0.461 e. The lowest BCUT2D eigenvalue weighted by molar-refractivity contribution is -0.186. The number of carbonyl (C=O) groups is 1. The number of rotatable bonds is 10. The Balaban J connectivity index is 2.04. The molecule has 1 saturated heterocycles. The predicted molar refractivity (Wildman–Crippen MR) is 74.0 cm³/mol. The van der Waals surface area contributed by atoms with Crippen LogP contribution in [0.2, 0.25) is 0 Å². The maximum absolute atomic E-state index is 11.4. The molecule has 0 N–H and O–H groups in total. The van der Waals surface area contributed by atoms with Crippen molar-refractivity contribution in [1.29, 1.82) is 0 Å². The normalized spacial score (nSPS) is 22.1. The molecule has 2 atom stereocenters. The van der Waals surface area contributed by atoms with Crippen LogP contribution in [0.15, 0.2) is 0 Å². The molecule has 1 aliphatic heterocycles. The van der Waals surface area contributed by atoms with E-state index in [9.17, 15) is 4.79 Å². The summed E-state index contributed by atoms with van der Waals surface area (Å²) >= 11 is 0. The van der Waals surface area contributed by atoms with E-state index in [0.717, 1.165) is 32.1 Å². The van der Waals surface area contributed by atoms with Gasteiger partial charge in [-0.2, -0.15) is 0 Å². The summed E-state index contributed by atoms with van der Waals surface area (Å²) in [6, 6.07) is 0. The molecule has 0 aromatic rings. The van der Waals surface area contributed by atoms with Gasteiger partial charge in [0.15, 0.2) is 0 Å². The molecular weight excluding hydrogens is 224 g/mol. The van der Waals surface area contributed by atoms with E-state index in [2.05, 4.69) is 12.8 Å². The first kappa shape index (κ1) is 15.1. The van der Waals surface area contributed by atoms with E-state index < -0.39 is 0 Å². The summed E-state index contributed by atoms with van der Waals surface area (Å²) in [5.41, 5.74) is 0. The first-order chi connectivity index (χ1) is 8.79. The lowest BCUT2D eigenvalue weighted by atomic mass is 9.87. The van der Waals surface area contributed by atoms with Crippen LogP contribution in [-0.2, 0) is 9.53 Å². The maximum atomic E-state index is 11.4. The highest BCUT2D eigenvalue weighted by atomic mass is 16.6. The van der Waals surface area contributed by atoms with Crippen LogP contribution in [0.5, 0.6) is 0 Å². The monoisotopic (exact) mass is 250 g/mol. The minimum Gasteiger partial charge on any atom is -0.461 e. The van der Waals surface area contributed by atoms with Crippen LogP contribution < -0.4 is 0 Å². The van der Waals surface area contributed by atoms with Crippen molar-refractivity contribution in [1.82, 2.24) is 0 Å². The summed E-state index contributed by atoms with van der Waals surface area (Å²) in [5.74, 6) is 2.80. The number of cyclic esters (lactones) is 1. The fraction of sp³-hybridized carbons (Fsp3) is 0.812. The van der Waals surface area contributed by atoms with Gasteiger partial charge in [-0.05, 0) is 19.3 Å². The number of esters is 1. The van der Waals surface area contributed by atoms with Crippen LogP contribution in [0.1, 0.15) is 71.1 Å². The molecule has 102 valence electrons. The van der Waals surface area contributed by atoms with E-state index in [1.54, 1.807) is 0 Å². The SMILES string of the molecule is C#CCCC[C@@H]1OC(=O)[C@H]1CCCCCCCC. The van der Waals surface area contributed by atoms with Crippen molar-refractivity contribution in [3.63, 3.8) is 0 Å². The van der Waals surface area contributed by atoms with Gasteiger partial charge < -0.3 is 4.74 Å². The Labute approximate surface area is 111 Å². The quantitative estimate of drug-likeness (QED) is 0.332. The summed E-state index contributed by atoms with van der Waals surface area (Å²) in [4.78, 5) is 11.4. The lowest BCUT2D eigenvalue weighted by Crippen LogP contribution is -2.44. The molecule has 0 aliphatic carbocycles. The standard InChI is InChI=1S/C16H26O2/c1-3-5-7-8-9-11-12-14-15(18-16(14)17)13-10-6-4-2/h2,14-15H,3,5-13H2,1H3/t14-,15-/m0/s1. The van der Waals surface area contributed by atoms with Crippen LogP contribution in [0.3, 0.4) is 0 Å². The zero-order chi connectivity index (χ0) is 13.2. The molecule has 0 radical (unpaired) electrons. The third-order valence-corrected chi connectivity index (χ3v) is 3.70. The van der Waals surface area contributed by atoms with Gasteiger partial charge in [0.25, 0.3) is 0 Å². The van der Waals surface area contributed by atoms with Crippen LogP contribution in [0, 0.1) is 18.3 Å². The third-order valence-electron chi connectivity index (χ3n) is 3.70. The lowest BCUT2D eigenvalue weighted by Gasteiger charge is -2.35. The molecule has 0 aromatic carbocycles. The number of carbonyl (C=O) groups excluding carboxylic acids is 1. The Hall–Kier alpha value is -0.970. The minimum absolute atomic E-state index is 0.00858. The van der Waals surface area contributed by atoms with Gasteiger partial charge in [0.1, 0.15) is 6.10 Å². The van der Waals surface area contributed by atoms with E-state index in [0.29, 0.717) is 0 Å². The van der Waals surface area contributed by atoms with Gasteiger partial charge >= 0.3 is 5.97 Å². The fourth-order valence-electron chi connectivity index (χ4n) is 2.51. The Kier molecular flexibility index (Phi) is 7.57. The highest BCUT2D eigenvalue weighted by Crippen LogP contribution is 2.31. The van der Waals surface area contributed by atoms with E-state index in [-0.39, 0.29) is 18.0 Å². The number of ether oxygens (including phenoxy) is 1. The van der Waals surface area contributed by atoms with Gasteiger partial charge in [0.2, 0.25) is 0 Å². The summed E-state index contributed by atoms with van der Waals surface area (Å²) < 4.78 is 5.19. The zero-order valence-corrected chi connectivity index (χ0v) is 11.6. The highest BCUT2D eigenvalue weighted by molar-refractivity contribution is 5.78.